The van der Waals surface area contributed by atoms with Crippen LogP contribution in [0.2, 0.25) is 0 Å². The van der Waals surface area contributed by atoms with E-state index in [1.807, 2.05) is 0 Å². The maximum absolute atomic E-state index is 5.83. The topological polar surface area (TPSA) is 12.5 Å². The van der Waals surface area contributed by atoms with Gasteiger partial charge in [0.1, 0.15) is 6.61 Å². The molecule has 1 saturated heterocycles. The van der Waals surface area contributed by atoms with E-state index >= 15 is 0 Å². The molecule has 0 spiro atoms. The average Bonchev–Trinajstić information content (AvgIpc) is 2.74. The first-order valence-corrected chi connectivity index (χ1v) is 6.08. The highest BCUT2D eigenvalue weighted by Crippen LogP contribution is 2.20. The Kier molecular flexibility index (Phi) is 3.84. The summed E-state index contributed by atoms with van der Waals surface area (Å²) in [6.45, 7) is 6.69. The summed E-state index contributed by atoms with van der Waals surface area (Å²) in [6, 6.07) is 0. The third-order valence-corrected chi connectivity index (χ3v) is 3.25. The van der Waals surface area contributed by atoms with E-state index in [2.05, 4.69) is 30.1 Å². The molecule has 2 heteroatoms. The zero-order valence-corrected chi connectivity index (χ0v) is 9.61. The van der Waals surface area contributed by atoms with Crippen molar-refractivity contribution in [1.29, 1.82) is 0 Å². The second-order valence-corrected chi connectivity index (χ2v) is 4.53. The highest BCUT2D eigenvalue weighted by molar-refractivity contribution is 5.15. The van der Waals surface area contributed by atoms with Crippen LogP contribution in [-0.4, -0.2) is 31.1 Å². The smallest absolute Gasteiger partial charge is 0.100 e. The molecule has 0 aromatic carbocycles. The highest BCUT2D eigenvalue weighted by atomic mass is 16.5. The Morgan fingerprint density at radius 1 is 1.40 bits per heavy atom. The first-order chi connectivity index (χ1) is 7.36. The fraction of sp³-hybridized carbons (Fsp3) is 0.692. The maximum Gasteiger partial charge on any atom is 0.100 e. The summed E-state index contributed by atoms with van der Waals surface area (Å²) in [5.41, 5.74) is 0. The van der Waals surface area contributed by atoms with Crippen LogP contribution in [0.1, 0.15) is 26.2 Å². The molecule has 0 radical (unpaired) electrons. The number of hydrogen-bond acceptors (Lipinski definition) is 2. The van der Waals surface area contributed by atoms with Crippen LogP contribution in [-0.2, 0) is 4.74 Å². The SMILES string of the molecule is CC1CC=CC=C1OCCN1CCCC1. The quantitative estimate of drug-likeness (QED) is 0.702. The molecule has 1 unspecified atom stereocenters. The molecule has 15 heavy (non-hydrogen) atoms. The van der Waals surface area contributed by atoms with E-state index in [1.54, 1.807) is 0 Å². The molecule has 0 amide bonds. The van der Waals surface area contributed by atoms with Crippen molar-refractivity contribution in [2.75, 3.05) is 26.2 Å². The molecule has 0 N–H and O–H groups in total. The molecule has 1 fully saturated rings. The van der Waals surface area contributed by atoms with Crippen molar-refractivity contribution in [3.8, 4) is 0 Å². The van der Waals surface area contributed by atoms with Gasteiger partial charge in [-0.05, 0) is 38.4 Å². The Hall–Kier alpha value is -0.760. The highest BCUT2D eigenvalue weighted by Gasteiger charge is 2.13. The van der Waals surface area contributed by atoms with Crippen LogP contribution in [0.25, 0.3) is 0 Å². The molecule has 0 bridgehead atoms. The Labute approximate surface area is 92.6 Å². The molecule has 1 heterocycles. The van der Waals surface area contributed by atoms with E-state index in [0.29, 0.717) is 5.92 Å². The predicted molar refractivity (Wildman–Crippen MR) is 62.6 cm³/mol. The van der Waals surface area contributed by atoms with E-state index in [0.717, 1.165) is 25.3 Å². The third kappa shape index (κ3) is 3.10. The summed E-state index contributed by atoms with van der Waals surface area (Å²) in [4.78, 5) is 2.49. The van der Waals surface area contributed by atoms with Gasteiger partial charge in [-0.3, -0.25) is 4.90 Å². The Morgan fingerprint density at radius 2 is 2.20 bits per heavy atom. The van der Waals surface area contributed by atoms with Crippen molar-refractivity contribution in [3.63, 3.8) is 0 Å². The summed E-state index contributed by atoms with van der Waals surface area (Å²) in [7, 11) is 0. The summed E-state index contributed by atoms with van der Waals surface area (Å²) >= 11 is 0. The van der Waals surface area contributed by atoms with E-state index in [-0.39, 0.29) is 0 Å². The molecular weight excluding hydrogens is 186 g/mol. The molecule has 2 rings (SSSR count). The van der Waals surface area contributed by atoms with Gasteiger partial charge >= 0.3 is 0 Å². The van der Waals surface area contributed by atoms with Crippen molar-refractivity contribution >= 4 is 0 Å². The number of allylic oxidation sites excluding steroid dienone is 4. The van der Waals surface area contributed by atoms with Crippen LogP contribution < -0.4 is 0 Å². The number of nitrogens with zero attached hydrogens (tertiary/aromatic N) is 1. The van der Waals surface area contributed by atoms with Crippen molar-refractivity contribution in [2.24, 2.45) is 5.92 Å². The lowest BCUT2D eigenvalue weighted by Crippen LogP contribution is -2.24. The fourth-order valence-corrected chi connectivity index (χ4v) is 2.22. The van der Waals surface area contributed by atoms with E-state index in [4.69, 9.17) is 4.74 Å². The monoisotopic (exact) mass is 207 g/mol. The van der Waals surface area contributed by atoms with Crippen molar-refractivity contribution < 1.29 is 4.74 Å². The summed E-state index contributed by atoms with van der Waals surface area (Å²) in [5.74, 6) is 1.73. The molecule has 2 aliphatic rings. The first-order valence-electron chi connectivity index (χ1n) is 6.08. The number of hydrogen-bond donors (Lipinski definition) is 0. The van der Waals surface area contributed by atoms with Gasteiger partial charge in [-0.2, -0.15) is 0 Å². The fourth-order valence-electron chi connectivity index (χ4n) is 2.22. The second kappa shape index (κ2) is 5.36. The summed E-state index contributed by atoms with van der Waals surface area (Å²) < 4.78 is 5.83. The summed E-state index contributed by atoms with van der Waals surface area (Å²) in [6.07, 6.45) is 10.3. The van der Waals surface area contributed by atoms with Crippen LogP contribution >= 0.6 is 0 Å². The van der Waals surface area contributed by atoms with Crippen LogP contribution in [0.4, 0.5) is 0 Å². The lowest BCUT2D eigenvalue weighted by Gasteiger charge is -2.20. The number of likely N-dealkylation sites (tertiary alicyclic amines) is 1. The van der Waals surface area contributed by atoms with Gasteiger partial charge in [-0.15, -0.1) is 0 Å². The van der Waals surface area contributed by atoms with Gasteiger partial charge in [-0.25, -0.2) is 0 Å². The molecule has 0 saturated carbocycles. The minimum Gasteiger partial charge on any atom is -0.496 e. The molecule has 1 atom stereocenters. The van der Waals surface area contributed by atoms with Crippen molar-refractivity contribution in [1.82, 2.24) is 4.90 Å². The molecule has 1 aliphatic heterocycles. The van der Waals surface area contributed by atoms with Crippen LogP contribution in [0.5, 0.6) is 0 Å². The van der Waals surface area contributed by atoms with Crippen molar-refractivity contribution in [3.05, 3.63) is 24.0 Å². The van der Waals surface area contributed by atoms with Gasteiger partial charge in [0.15, 0.2) is 0 Å². The van der Waals surface area contributed by atoms with E-state index in [1.165, 1.54) is 25.9 Å². The van der Waals surface area contributed by atoms with Gasteiger partial charge in [0.2, 0.25) is 0 Å². The molecule has 1 aliphatic carbocycles. The first kappa shape index (κ1) is 10.7. The minimum absolute atomic E-state index is 0.563. The van der Waals surface area contributed by atoms with Gasteiger partial charge in [0, 0.05) is 12.5 Å². The van der Waals surface area contributed by atoms with Crippen molar-refractivity contribution in [2.45, 2.75) is 26.2 Å². The largest absolute Gasteiger partial charge is 0.496 e. The molecule has 84 valence electrons. The minimum atomic E-state index is 0.563. The molecule has 2 nitrogen and oxygen atoms in total. The average molecular weight is 207 g/mol. The van der Waals surface area contributed by atoms with Gasteiger partial charge in [-0.1, -0.05) is 19.1 Å². The normalized spacial score (nSPS) is 26.7. The van der Waals surface area contributed by atoms with E-state index < -0.39 is 0 Å². The third-order valence-electron chi connectivity index (χ3n) is 3.25. The van der Waals surface area contributed by atoms with Gasteiger partial charge < -0.3 is 4.74 Å². The van der Waals surface area contributed by atoms with Crippen LogP contribution in [0.15, 0.2) is 24.0 Å². The predicted octanol–water partition coefficient (Wildman–Crippen LogP) is 2.58. The molecule has 0 aromatic rings. The van der Waals surface area contributed by atoms with Gasteiger partial charge in [0.25, 0.3) is 0 Å². The maximum atomic E-state index is 5.83. The zero-order valence-electron chi connectivity index (χ0n) is 9.61. The van der Waals surface area contributed by atoms with Crippen LogP contribution in [0.3, 0.4) is 0 Å². The number of rotatable bonds is 4. The lowest BCUT2D eigenvalue weighted by molar-refractivity contribution is 0.149. The number of ether oxygens (including phenoxy) is 1. The van der Waals surface area contributed by atoms with Gasteiger partial charge in [0.05, 0.1) is 5.76 Å². The zero-order chi connectivity index (χ0) is 10.5. The summed E-state index contributed by atoms with van der Waals surface area (Å²) in [5, 5.41) is 0. The lowest BCUT2D eigenvalue weighted by atomic mass is 10.0. The van der Waals surface area contributed by atoms with E-state index in [9.17, 15) is 0 Å². The molecule has 0 aromatic heterocycles. The van der Waals surface area contributed by atoms with Crippen LogP contribution in [0, 0.1) is 5.92 Å². The Bertz CT molecular complexity index is 251. The standard InChI is InChI=1S/C13H21NO/c1-12-6-2-3-7-13(12)15-11-10-14-8-4-5-9-14/h2-3,7,12H,4-6,8-11H2,1H3. The Morgan fingerprint density at radius 3 is 2.93 bits per heavy atom. The Balaban J connectivity index is 1.68. The second-order valence-electron chi connectivity index (χ2n) is 4.53. The molecular formula is C13H21NO.